The fraction of sp³-hybridized carbons (Fsp3) is 0. The molecule has 0 atom stereocenters. The Morgan fingerprint density at radius 3 is 2.73 bits per heavy atom. The van der Waals surface area contributed by atoms with E-state index in [0.717, 1.165) is 6.07 Å². The molecule has 0 aromatic heterocycles. The number of hydrogen-bond acceptors (Lipinski definition) is 2. The number of aromatic hydroxyl groups is 1. The van der Waals surface area contributed by atoms with E-state index in [1.54, 1.807) is 0 Å². The SMILES string of the molecule is O=c1cc(Cl)ccc(Br)c1O. The van der Waals surface area contributed by atoms with Gasteiger partial charge in [0.25, 0.3) is 0 Å². The van der Waals surface area contributed by atoms with Gasteiger partial charge in [-0.15, -0.1) is 0 Å². The van der Waals surface area contributed by atoms with Crippen molar-refractivity contribution in [3.8, 4) is 5.75 Å². The van der Waals surface area contributed by atoms with Crippen LogP contribution in [0.3, 0.4) is 0 Å². The van der Waals surface area contributed by atoms with Gasteiger partial charge in [-0.05, 0) is 28.1 Å². The lowest BCUT2D eigenvalue weighted by Gasteiger charge is -1.83. The lowest BCUT2D eigenvalue weighted by Crippen LogP contribution is -1.93. The maximum atomic E-state index is 10.9. The molecule has 0 aliphatic carbocycles. The lowest BCUT2D eigenvalue weighted by molar-refractivity contribution is 0.467. The Balaban J connectivity index is 3.57. The van der Waals surface area contributed by atoms with Gasteiger partial charge in [-0.3, -0.25) is 4.79 Å². The van der Waals surface area contributed by atoms with Crippen molar-refractivity contribution >= 4 is 27.5 Å². The molecule has 0 saturated carbocycles. The van der Waals surface area contributed by atoms with Crippen molar-refractivity contribution in [1.29, 1.82) is 0 Å². The number of halogens is 2. The van der Waals surface area contributed by atoms with Gasteiger partial charge in [-0.1, -0.05) is 11.6 Å². The summed E-state index contributed by atoms with van der Waals surface area (Å²) in [7, 11) is 0. The highest BCUT2D eigenvalue weighted by atomic mass is 79.9. The van der Waals surface area contributed by atoms with E-state index < -0.39 is 5.43 Å². The number of hydrogen-bond donors (Lipinski definition) is 1. The fourth-order valence-electron chi connectivity index (χ4n) is 0.591. The van der Waals surface area contributed by atoms with Crippen LogP contribution in [-0.4, -0.2) is 5.11 Å². The van der Waals surface area contributed by atoms with Crippen molar-refractivity contribution < 1.29 is 5.11 Å². The quantitative estimate of drug-likeness (QED) is 0.748. The molecule has 58 valence electrons. The Morgan fingerprint density at radius 2 is 2.09 bits per heavy atom. The van der Waals surface area contributed by atoms with Gasteiger partial charge in [0, 0.05) is 11.1 Å². The van der Waals surface area contributed by atoms with E-state index in [4.69, 9.17) is 16.7 Å². The minimum Gasteiger partial charge on any atom is -0.503 e. The van der Waals surface area contributed by atoms with E-state index in [2.05, 4.69) is 15.9 Å². The zero-order valence-corrected chi connectivity index (χ0v) is 7.69. The van der Waals surface area contributed by atoms with Crippen LogP contribution >= 0.6 is 27.5 Å². The molecule has 0 saturated heterocycles. The van der Waals surface area contributed by atoms with Gasteiger partial charge in [0.2, 0.25) is 5.43 Å². The van der Waals surface area contributed by atoms with Gasteiger partial charge >= 0.3 is 0 Å². The highest BCUT2D eigenvalue weighted by molar-refractivity contribution is 9.10. The van der Waals surface area contributed by atoms with Crippen molar-refractivity contribution in [3.05, 3.63) is 37.9 Å². The van der Waals surface area contributed by atoms with Crippen LogP contribution in [0.1, 0.15) is 0 Å². The Labute approximate surface area is 76.6 Å². The average Bonchev–Trinajstić information content (AvgIpc) is 2.05. The van der Waals surface area contributed by atoms with Crippen LogP contribution in [0.25, 0.3) is 0 Å². The number of rotatable bonds is 0. The van der Waals surface area contributed by atoms with Gasteiger partial charge in [-0.2, -0.15) is 0 Å². The van der Waals surface area contributed by atoms with Crippen LogP contribution < -0.4 is 5.43 Å². The first kappa shape index (κ1) is 8.56. The summed E-state index contributed by atoms with van der Waals surface area (Å²) in [4.78, 5) is 10.9. The minimum atomic E-state index is -0.494. The van der Waals surface area contributed by atoms with Crippen molar-refractivity contribution in [2.45, 2.75) is 0 Å². The van der Waals surface area contributed by atoms with Gasteiger partial charge in [-0.25, -0.2) is 0 Å². The van der Waals surface area contributed by atoms with Crippen LogP contribution in [0.4, 0.5) is 0 Å². The molecule has 0 fully saturated rings. The second kappa shape index (κ2) is 3.24. The molecule has 1 N–H and O–H groups in total. The molecule has 2 nitrogen and oxygen atoms in total. The van der Waals surface area contributed by atoms with E-state index in [-0.39, 0.29) is 5.75 Å². The maximum Gasteiger partial charge on any atom is 0.222 e. The highest BCUT2D eigenvalue weighted by Gasteiger charge is 1.99. The molecule has 0 aliphatic heterocycles. The summed E-state index contributed by atoms with van der Waals surface area (Å²) < 4.78 is 0.342. The van der Waals surface area contributed by atoms with Crippen molar-refractivity contribution in [1.82, 2.24) is 0 Å². The van der Waals surface area contributed by atoms with Crippen LogP contribution in [0, 0.1) is 0 Å². The first-order chi connectivity index (χ1) is 5.11. The first-order valence-electron chi connectivity index (χ1n) is 2.79. The van der Waals surface area contributed by atoms with Gasteiger partial charge in [0.05, 0.1) is 4.47 Å². The van der Waals surface area contributed by atoms with Crippen LogP contribution in [0.2, 0.25) is 5.02 Å². The molecular weight excluding hydrogens is 231 g/mol. The van der Waals surface area contributed by atoms with Gasteiger partial charge in [0.15, 0.2) is 5.75 Å². The van der Waals surface area contributed by atoms with Gasteiger partial charge in [0.1, 0.15) is 0 Å². The second-order valence-corrected chi connectivity index (χ2v) is 3.21. The largest absolute Gasteiger partial charge is 0.503 e. The Kier molecular flexibility index (Phi) is 2.52. The van der Waals surface area contributed by atoms with E-state index in [0.29, 0.717) is 9.50 Å². The van der Waals surface area contributed by atoms with E-state index in [1.807, 2.05) is 0 Å². The normalized spacial score (nSPS) is 9.64. The lowest BCUT2D eigenvalue weighted by atomic mass is 10.5. The summed E-state index contributed by atoms with van der Waals surface area (Å²) in [6.45, 7) is 0. The summed E-state index contributed by atoms with van der Waals surface area (Å²) in [5.41, 5.74) is -0.494. The topological polar surface area (TPSA) is 37.3 Å². The molecule has 0 bridgehead atoms. The third-order valence-electron chi connectivity index (χ3n) is 1.12. The van der Waals surface area contributed by atoms with Crippen LogP contribution in [0.5, 0.6) is 5.75 Å². The Bertz CT molecular complexity index is 338. The van der Waals surface area contributed by atoms with Crippen LogP contribution in [-0.2, 0) is 0 Å². The first-order valence-corrected chi connectivity index (χ1v) is 3.96. The zero-order valence-electron chi connectivity index (χ0n) is 5.34. The molecule has 0 heterocycles. The van der Waals surface area contributed by atoms with Crippen LogP contribution in [0.15, 0.2) is 27.5 Å². The predicted octanol–water partition coefficient (Wildman–Crippen LogP) is 2.17. The zero-order chi connectivity index (χ0) is 8.43. The molecule has 0 aliphatic rings. The molecular formula is C7H4BrClO2. The van der Waals surface area contributed by atoms with E-state index in [9.17, 15) is 4.79 Å². The molecule has 0 unspecified atom stereocenters. The summed E-state index contributed by atoms with van der Waals surface area (Å²) in [6.07, 6.45) is 0. The molecule has 1 aromatic carbocycles. The van der Waals surface area contributed by atoms with Crippen molar-refractivity contribution in [2.24, 2.45) is 0 Å². The van der Waals surface area contributed by atoms with E-state index >= 15 is 0 Å². The molecule has 4 heteroatoms. The maximum absolute atomic E-state index is 10.9. The molecule has 1 aromatic rings. The Morgan fingerprint density at radius 1 is 1.45 bits per heavy atom. The standard InChI is InChI=1S/C7H4BrClO2/c8-5-2-1-4(9)3-6(10)7(5)11/h1-3H,(H,10,11). The summed E-state index contributed by atoms with van der Waals surface area (Å²) in [5.74, 6) is -0.322. The van der Waals surface area contributed by atoms with Crippen molar-refractivity contribution in [2.75, 3.05) is 0 Å². The monoisotopic (exact) mass is 234 g/mol. The Hall–Kier alpha value is -0.540. The van der Waals surface area contributed by atoms with E-state index in [1.165, 1.54) is 12.1 Å². The third kappa shape index (κ3) is 1.94. The minimum absolute atomic E-state index is 0.302. The van der Waals surface area contributed by atoms with Gasteiger partial charge < -0.3 is 5.11 Å². The highest BCUT2D eigenvalue weighted by Crippen LogP contribution is 2.18. The molecule has 0 radical (unpaired) electrons. The summed E-state index contributed by atoms with van der Waals surface area (Å²) >= 11 is 8.54. The molecule has 0 spiro atoms. The second-order valence-electron chi connectivity index (χ2n) is 1.92. The van der Waals surface area contributed by atoms with Crippen molar-refractivity contribution in [3.63, 3.8) is 0 Å². The third-order valence-corrected chi connectivity index (χ3v) is 1.99. The molecule has 0 amide bonds. The summed E-state index contributed by atoms with van der Waals surface area (Å²) in [5, 5.41) is 9.37. The fourth-order valence-corrected chi connectivity index (χ4v) is 1.08. The smallest absolute Gasteiger partial charge is 0.222 e. The summed E-state index contributed by atoms with van der Waals surface area (Å²) in [6, 6.07) is 4.19. The molecule has 1 rings (SSSR count). The predicted molar refractivity (Wildman–Crippen MR) is 47.1 cm³/mol. The average molecular weight is 235 g/mol. The molecule has 11 heavy (non-hydrogen) atoms.